The van der Waals surface area contributed by atoms with Crippen molar-refractivity contribution in [1.29, 1.82) is 0 Å². The van der Waals surface area contributed by atoms with Crippen molar-refractivity contribution in [3.63, 3.8) is 0 Å². The normalized spacial score (nSPS) is 12.8. The largest absolute Gasteiger partial charge is 0.340 e. The van der Waals surface area contributed by atoms with Crippen LogP contribution in [0.4, 0.5) is 5.95 Å². The average Bonchev–Trinajstić information content (AvgIpc) is 2.81. The number of nitrogens with one attached hydrogen (secondary N) is 3. The Bertz CT molecular complexity index is 1180. The third-order valence-corrected chi connectivity index (χ3v) is 5.62. The molecule has 0 aliphatic rings. The summed E-state index contributed by atoms with van der Waals surface area (Å²) < 4.78 is 1.44. The Morgan fingerprint density at radius 3 is 2.44 bits per heavy atom. The van der Waals surface area contributed by atoms with Gasteiger partial charge in [0.1, 0.15) is 6.04 Å². The first-order valence-electron chi connectivity index (χ1n) is 10.5. The van der Waals surface area contributed by atoms with Crippen LogP contribution in [-0.4, -0.2) is 27.4 Å². The third-order valence-electron chi connectivity index (χ3n) is 5.36. The van der Waals surface area contributed by atoms with Crippen LogP contribution in [0.2, 0.25) is 5.02 Å². The predicted octanol–water partition coefficient (Wildman–Crippen LogP) is 3.36. The summed E-state index contributed by atoms with van der Waals surface area (Å²) in [6.07, 6.45) is 0.673. The van der Waals surface area contributed by atoms with E-state index in [1.807, 2.05) is 20.8 Å². The van der Waals surface area contributed by atoms with Crippen LogP contribution in [0.1, 0.15) is 37.6 Å². The molecule has 2 aromatic carbocycles. The summed E-state index contributed by atoms with van der Waals surface area (Å²) in [4.78, 5) is 42.8. The number of carbonyl (C=O) groups is 2. The highest BCUT2D eigenvalue weighted by atomic mass is 35.5. The summed E-state index contributed by atoms with van der Waals surface area (Å²) in [5.41, 5.74) is 6.08. The Morgan fingerprint density at radius 2 is 1.78 bits per heavy atom. The van der Waals surface area contributed by atoms with Crippen molar-refractivity contribution in [1.82, 2.24) is 20.3 Å². The molecule has 0 saturated carbocycles. The van der Waals surface area contributed by atoms with Gasteiger partial charge in [0.25, 0.3) is 17.4 Å². The second kappa shape index (κ2) is 10.3. The molecule has 0 aliphatic carbocycles. The monoisotopic (exact) mass is 455 g/mol. The number of hydrazine groups is 1. The topological polar surface area (TPSA) is 105 Å². The highest BCUT2D eigenvalue weighted by Gasteiger charge is 2.26. The molecular formula is C23H26ClN5O3. The average molecular weight is 456 g/mol. The molecule has 0 fully saturated rings. The van der Waals surface area contributed by atoms with Crippen molar-refractivity contribution in [2.75, 3.05) is 5.43 Å². The van der Waals surface area contributed by atoms with E-state index in [-0.39, 0.29) is 23.3 Å². The van der Waals surface area contributed by atoms with Gasteiger partial charge in [0.2, 0.25) is 5.95 Å². The molecule has 3 aromatic rings. The number of amides is 2. The first-order chi connectivity index (χ1) is 15.3. The summed E-state index contributed by atoms with van der Waals surface area (Å²) in [6, 6.07) is 12.7. The van der Waals surface area contributed by atoms with Gasteiger partial charge in [0.15, 0.2) is 0 Å². The summed E-state index contributed by atoms with van der Waals surface area (Å²) in [5, 5.41) is 3.81. The molecule has 0 spiro atoms. The molecule has 0 radical (unpaired) electrons. The fourth-order valence-electron chi connectivity index (χ4n) is 3.28. The summed E-state index contributed by atoms with van der Waals surface area (Å²) >= 11 is 5.88. The molecule has 3 N–H and O–H groups in total. The van der Waals surface area contributed by atoms with Crippen molar-refractivity contribution in [3.8, 4) is 0 Å². The van der Waals surface area contributed by atoms with Gasteiger partial charge in [-0.1, -0.05) is 44.0 Å². The zero-order valence-corrected chi connectivity index (χ0v) is 18.9. The van der Waals surface area contributed by atoms with Crippen LogP contribution < -0.4 is 21.7 Å². The van der Waals surface area contributed by atoms with Crippen LogP contribution in [0.15, 0.2) is 53.3 Å². The highest BCUT2D eigenvalue weighted by molar-refractivity contribution is 6.30. The van der Waals surface area contributed by atoms with Crippen LogP contribution in [0.5, 0.6) is 0 Å². The van der Waals surface area contributed by atoms with Gasteiger partial charge in [-0.15, -0.1) is 0 Å². The molecule has 168 valence electrons. The molecule has 32 heavy (non-hydrogen) atoms. The summed E-state index contributed by atoms with van der Waals surface area (Å²) in [6.45, 7) is 6.01. The molecule has 8 nitrogen and oxygen atoms in total. The van der Waals surface area contributed by atoms with Gasteiger partial charge in [0, 0.05) is 17.1 Å². The van der Waals surface area contributed by atoms with Crippen molar-refractivity contribution in [2.24, 2.45) is 5.92 Å². The Morgan fingerprint density at radius 1 is 1.09 bits per heavy atom. The van der Waals surface area contributed by atoms with Gasteiger partial charge in [-0.2, -0.15) is 0 Å². The second-order valence-corrected chi connectivity index (χ2v) is 7.90. The zero-order valence-electron chi connectivity index (χ0n) is 18.2. The van der Waals surface area contributed by atoms with Crippen LogP contribution in [0, 0.1) is 5.92 Å². The molecular weight excluding hydrogens is 430 g/mol. The Labute approximate surface area is 191 Å². The fourth-order valence-corrected chi connectivity index (χ4v) is 3.41. The first-order valence-corrected chi connectivity index (χ1v) is 10.8. The van der Waals surface area contributed by atoms with E-state index in [2.05, 4.69) is 21.2 Å². The number of aromatic nitrogens is 2. The number of hydrogen-bond donors (Lipinski definition) is 3. The molecule has 2 unspecified atom stereocenters. The molecule has 0 saturated heterocycles. The number of rotatable bonds is 8. The quantitative estimate of drug-likeness (QED) is 0.452. The van der Waals surface area contributed by atoms with E-state index < -0.39 is 11.9 Å². The number of fused-ring (bicyclic) bond motifs is 1. The van der Waals surface area contributed by atoms with Crippen LogP contribution in [0.3, 0.4) is 0 Å². The van der Waals surface area contributed by atoms with Gasteiger partial charge in [-0.25, -0.2) is 4.98 Å². The van der Waals surface area contributed by atoms with Crippen LogP contribution in [0.25, 0.3) is 10.9 Å². The summed E-state index contributed by atoms with van der Waals surface area (Å²) in [7, 11) is 0. The number of halogens is 1. The maximum atomic E-state index is 13.0. The molecule has 1 heterocycles. The second-order valence-electron chi connectivity index (χ2n) is 7.46. The number of carbonyl (C=O) groups excluding carboxylic acids is 2. The molecule has 9 heteroatoms. The minimum atomic E-state index is -0.794. The lowest BCUT2D eigenvalue weighted by molar-refractivity contribution is -0.123. The SMILES string of the molecule is CCC(C)C(NC(=O)c1ccc(Cl)cc1)C(=O)NNc1nc2ccccc2c(=O)n1CC. The lowest BCUT2D eigenvalue weighted by Gasteiger charge is -2.24. The van der Waals surface area contributed by atoms with Gasteiger partial charge in [-0.3, -0.25) is 29.8 Å². The van der Waals surface area contributed by atoms with E-state index in [9.17, 15) is 14.4 Å². The Balaban J connectivity index is 1.79. The van der Waals surface area contributed by atoms with Gasteiger partial charge >= 0.3 is 0 Å². The van der Waals surface area contributed by atoms with Crippen LogP contribution >= 0.6 is 11.6 Å². The number of nitrogens with zero attached hydrogens (tertiary/aromatic N) is 2. The van der Waals surface area contributed by atoms with E-state index in [0.717, 1.165) is 0 Å². The Hall–Kier alpha value is -3.39. The maximum absolute atomic E-state index is 13.0. The molecule has 2 atom stereocenters. The van der Waals surface area contributed by atoms with Gasteiger partial charge in [-0.05, 0) is 49.2 Å². The van der Waals surface area contributed by atoms with E-state index in [1.54, 1.807) is 48.5 Å². The number of para-hydroxylation sites is 1. The smallest absolute Gasteiger partial charge is 0.262 e. The number of hydrogen-bond acceptors (Lipinski definition) is 5. The van der Waals surface area contributed by atoms with Gasteiger partial charge in [0.05, 0.1) is 10.9 Å². The molecule has 3 rings (SSSR count). The minimum absolute atomic E-state index is 0.133. The third kappa shape index (κ3) is 5.08. The number of anilines is 1. The zero-order chi connectivity index (χ0) is 23.3. The van der Waals surface area contributed by atoms with E-state index in [0.29, 0.717) is 34.5 Å². The van der Waals surface area contributed by atoms with Crippen molar-refractivity contribution >= 4 is 40.3 Å². The predicted molar refractivity (Wildman–Crippen MR) is 126 cm³/mol. The van der Waals surface area contributed by atoms with E-state index in [1.165, 1.54) is 4.57 Å². The van der Waals surface area contributed by atoms with Crippen molar-refractivity contribution in [3.05, 3.63) is 69.5 Å². The molecule has 0 aliphatic heterocycles. The van der Waals surface area contributed by atoms with E-state index >= 15 is 0 Å². The highest BCUT2D eigenvalue weighted by Crippen LogP contribution is 2.13. The lowest BCUT2D eigenvalue weighted by Crippen LogP contribution is -2.52. The number of benzene rings is 2. The maximum Gasteiger partial charge on any atom is 0.262 e. The summed E-state index contributed by atoms with van der Waals surface area (Å²) in [5.74, 6) is -0.731. The first kappa shape index (κ1) is 23.3. The minimum Gasteiger partial charge on any atom is -0.340 e. The van der Waals surface area contributed by atoms with E-state index in [4.69, 9.17) is 11.6 Å². The standard InChI is InChI=1S/C23H26ClN5O3/c1-4-14(3)19(26-20(30)15-10-12-16(24)13-11-15)21(31)27-28-23-25-18-9-7-6-8-17(18)22(32)29(23)5-2/h6-14,19H,4-5H2,1-3H3,(H,25,28)(H,26,30)(H,27,31). The van der Waals surface area contributed by atoms with Crippen LogP contribution in [-0.2, 0) is 11.3 Å². The Kier molecular flexibility index (Phi) is 7.48. The van der Waals surface area contributed by atoms with Crippen molar-refractivity contribution in [2.45, 2.75) is 39.8 Å². The van der Waals surface area contributed by atoms with Gasteiger partial charge < -0.3 is 5.32 Å². The molecule has 1 aromatic heterocycles. The fraction of sp³-hybridized carbons (Fsp3) is 0.304. The molecule has 0 bridgehead atoms. The lowest BCUT2D eigenvalue weighted by atomic mass is 9.98. The van der Waals surface area contributed by atoms with Crippen molar-refractivity contribution < 1.29 is 9.59 Å². The molecule has 2 amide bonds.